The van der Waals surface area contributed by atoms with E-state index in [0.717, 1.165) is 17.1 Å². The molecule has 2 unspecified atom stereocenters. The fraction of sp³-hybridized carbons (Fsp3) is 0.889. The highest BCUT2D eigenvalue weighted by atomic mass is 32.2. The van der Waals surface area contributed by atoms with Gasteiger partial charge in [0.05, 0.1) is 6.10 Å². The molecule has 1 aliphatic heterocycles. The predicted octanol–water partition coefficient (Wildman–Crippen LogP) is -0.0999. The molecule has 1 N–H and O–H groups in total. The number of ether oxygens (including phenoxy) is 1. The van der Waals surface area contributed by atoms with Crippen molar-refractivity contribution < 1.29 is 23.1 Å². The number of likely N-dealkylation sites (N-methyl/N-ethyl adjacent to an activating group) is 1. The Bertz CT molecular complexity index is 347. The molecular weight excluding hydrogens is 234 g/mol. The Morgan fingerprint density at radius 2 is 2.25 bits per heavy atom. The lowest BCUT2D eigenvalue weighted by Crippen LogP contribution is -2.42. The number of nitrogens with zero attached hydrogens (tertiary/aromatic N) is 1. The first-order chi connectivity index (χ1) is 7.35. The van der Waals surface area contributed by atoms with Gasteiger partial charge in [-0.25, -0.2) is 12.7 Å². The largest absolute Gasteiger partial charge is 0.480 e. The molecule has 6 nitrogen and oxygen atoms in total. The lowest BCUT2D eigenvalue weighted by Gasteiger charge is -2.22. The summed E-state index contributed by atoms with van der Waals surface area (Å²) in [5.74, 6) is -1.33. The molecule has 0 spiro atoms. The van der Waals surface area contributed by atoms with Gasteiger partial charge in [-0.1, -0.05) is 0 Å². The van der Waals surface area contributed by atoms with Crippen LogP contribution in [0.1, 0.15) is 19.8 Å². The molecular formula is C9H17NO5S. The van der Waals surface area contributed by atoms with Crippen molar-refractivity contribution in [1.82, 2.24) is 4.31 Å². The van der Waals surface area contributed by atoms with Gasteiger partial charge in [-0.05, 0) is 19.8 Å². The van der Waals surface area contributed by atoms with Gasteiger partial charge in [0, 0.05) is 20.2 Å². The molecule has 1 fully saturated rings. The minimum atomic E-state index is -3.77. The monoisotopic (exact) mass is 251 g/mol. The number of carboxylic acid groups (broad SMARTS) is 1. The number of hydrogen-bond acceptors (Lipinski definition) is 4. The quantitative estimate of drug-likeness (QED) is 0.737. The lowest BCUT2D eigenvalue weighted by atomic mass is 10.2. The Labute approximate surface area is 95.2 Å². The topological polar surface area (TPSA) is 83.9 Å². The Kier molecular flexibility index (Phi) is 4.28. The molecule has 1 rings (SSSR count). The standard InChI is InChI=1S/C9H17NO5S/c1-7(9(11)12)16(13,14)10(2)6-8-4-3-5-15-8/h7-8H,3-6H2,1-2H3,(H,11,12). The summed E-state index contributed by atoms with van der Waals surface area (Å²) in [6, 6.07) is 0. The van der Waals surface area contributed by atoms with Crippen molar-refractivity contribution in [1.29, 1.82) is 0 Å². The average Bonchev–Trinajstić information content (AvgIpc) is 2.68. The van der Waals surface area contributed by atoms with E-state index in [1.807, 2.05) is 0 Å². The highest BCUT2D eigenvalue weighted by Gasteiger charge is 2.33. The van der Waals surface area contributed by atoms with E-state index >= 15 is 0 Å². The number of aliphatic carboxylic acids is 1. The van der Waals surface area contributed by atoms with Crippen LogP contribution in [0.4, 0.5) is 0 Å². The molecule has 1 aliphatic rings. The zero-order valence-electron chi connectivity index (χ0n) is 9.42. The molecule has 0 aromatic heterocycles. The minimum Gasteiger partial charge on any atom is -0.480 e. The summed E-state index contributed by atoms with van der Waals surface area (Å²) < 4.78 is 29.9. The molecule has 0 aromatic rings. The Morgan fingerprint density at radius 1 is 1.62 bits per heavy atom. The van der Waals surface area contributed by atoms with Crippen LogP contribution in [0.15, 0.2) is 0 Å². The third-order valence-electron chi connectivity index (χ3n) is 2.71. The Balaban J connectivity index is 2.64. The molecule has 7 heteroatoms. The number of sulfonamides is 1. The van der Waals surface area contributed by atoms with E-state index < -0.39 is 21.2 Å². The molecule has 0 bridgehead atoms. The maximum absolute atomic E-state index is 11.7. The van der Waals surface area contributed by atoms with E-state index in [9.17, 15) is 13.2 Å². The van der Waals surface area contributed by atoms with Crippen molar-refractivity contribution in [2.24, 2.45) is 0 Å². The first-order valence-corrected chi connectivity index (χ1v) is 6.65. The van der Waals surface area contributed by atoms with E-state index in [1.54, 1.807) is 0 Å². The van der Waals surface area contributed by atoms with Crippen LogP contribution in [0.3, 0.4) is 0 Å². The first-order valence-electron chi connectivity index (χ1n) is 5.15. The van der Waals surface area contributed by atoms with Crippen LogP contribution in [0.5, 0.6) is 0 Å². The third-order valence-corrected chi connectivity index (χ3v) is 4.83. The van der Waals surface area contributed by atoms with Crippen molar-refractivity contribution in [3.63, 3.8) is 0 Å². The van der Waals surface area contributed by atoms with Gasteiger partial charge in [0.15, 0.2) is 5.25 Å². The van der Waals surface area contributed by atoms with Gasteiger partial charge in [-0.3, -0.25) is 4.79 Å². The molecule has 0 radical (unpaired) electrons. The molecule has 2 atom stereocenters. The van der Waals surface area contributed by atoms with E-state index in [1.165, 1.54) is 14.0 Å². The smallest absolute Gasteiger partial charge is 0.323 e. The second-order valence-corrected chi connectivity index (χ2v) is 6.30. The van der Waals surface area contributed by atoms with Crippen LogP contribution in [0, 0.1) is 0 Å². The molecule has 1 saturated heterocycles. The molecule has 94 valence electrons. The molecule has 0 saturated carbocycles. The maximum Gasteiger partial charge on any atom is 0.323 e. The van der Waals surface area contributed by atoms with Crippen LogP contribution in [0.25, 0.3) is 0 Å². The molecule has 1 heterocycles. The minimum absolute atomic E-state index is 0.110. The van der Waals surface area contributed by atoms with E-state index in [2.05, 4.69) is 0 Å². The van der Waals surface area contributed by atoms with Crippen LogP contribution < -0.4 is 0 Å². The number of rotatable bonds is 5. The Morgan fingerprint density at radius 3 is 2.69 bits per heavy atom. The third kappa shape index (κ3) is 2.93. The highest BCUT2D eigenvalue weighted by molar-refractivity contribution is 7.90. The lowest BCUT2D eigenvalue weighted by molar-refractivity contribution is -0.136. The van der Waals surface area contributed by atoms with Gasteiger partial charge in [-0.2, -0.15) is 0 Å². The van der Waals surface area contributed by atoms with Crippen LogP contribution >= 0.6 is 0 Å². The second kappa shape index (κ2) is 5.11. The van der Waals surface area contributed by atoms with Gasteiger partial charge >= 0.3 is 5.97 Å². The summed E-state index contributed by atoms with van der Waals surface area (Å²) in [5.41, 5.74) is 0. The Hall–Kier alpha value is -0.660. The summed E-state index contributed by atoms with van der Waals surface area (Å²) >= 11 is 0. The van der Waals surface area contributed by atoms with Crippen molar-refractivity contribution in [2.75, 3.05) is 20.2 Å². The van der Waals surface area contributed by atoms with Crippen LogP contribution in [-0.2, 0) is 19.6 Å². The zero-order chi connectivity index (χ0) is 12.3. The van der Waals surface area contributed by atoms with Crippen LogP contribution in [0.2, 0.25) is 0 Å². The fourth-order valence-corrected chi connectivity index (χ4v) is 2.75. The highest BCUT2D eigenvalue weighted by Crippen LogP contribution is 2.16. The fourth-order valence-electron chi connectivity index (χ4n) is 1.58. The maximum atomic E-state index is 11.7. The van der Waals surface area contributed by atoms with Crippen molar-refractivity contribution >= 4 is 16.0 Å². The summed E-state index contributed by atoms with van der Waals surface area (Å²) in [6.45, 7) is 2.04. The van der Waals surface area contributed by atoms with Crippen molar-refractivity contribution in [3.05, 3.63) is 0 Å². The van der Waals surface area contributed by atoms with Gasteiger partial charge < -0.3 is 9.84 Å². The normalized spacial score (nSPS) is 23.6. The van der Waals surface area contributed by atoms with Gasteiger partial charge in [0.2, 0.25) is 10.0 Å². The molecule has 0 amide bonds. The summed E-state index contributed by atoms with van der Waals surface area (Å²) in [7, 11) is -2.39. The molecule has 0 aliphatic carbocycles. The van der Waals surface area contributed by atoms with Crippen molar-refractivity contribution in [2.45, 2.75) is 31.1 Å². The number of carboxylic acids is 1. The number of carbonyl (C=O) groups is 1. The SMILES string of the molecule is CC(C(=O)O)S(=O)(=O)N(C)CC1CCCO1. The molecule has 16 heavy (non-hydrogen) atoms. The summed E-state index contributed by atoms with van der Waals surface area (Å²) in [6.07, 6.45) is 1.63. The molecule has 0 aromatic carbocycles. The van der Waals surface area contributed by atoms with Gasteiger partial charge in [0.1, 0.15) is 0 Å². The van der Waals surface area contributed by atoms with Crippen LogP contribution in [-0.4, -0.2) is 55.4 Å². The number of hydrogen-bond donors (Lipinski definition) is 1. The van der Waals surface area contributed by atoms with E-state index in [-0.39, 0.29) is 12.6 Å². The summed E-state index contributed by atoms with van der Waals surface area (Å²) in [4.78, 5) is 10.7. The average molecular weight is 251 g/mol. The van der Waals surface area contributed by atoms with Crippen molar-refractivity contribution in [3.8, 4) is 0 Å². The van der Waals surface area contributed by atoms with E-state index in [0.29, 0.717) is 6.61 Å². The first kappa shape index (κ1) is 13.4. The van der Waals surface area contributed by atoms with E-state index in [4.69, 9.17) is 9.84 Å². The van der Waals surface area contributed by atoms with Gasteiger partial charge in [-0.15, -0.1) is 0 Å². The second-order valence-electron chi connectivity index (χ2n) is 3.94. The zero-order valence-corrected chi connectivity index (χ0v) is 10.2. The predicted molar refractivity (Wildman–Crippen MR) is 57.6 cm³/mol. The summed E-state index contributed by atoms with van der Waals surface area (Å²) in [5, 5.41) is 7.27. The van der Waals surface area contributed by atoms with Gasteiger partial charge in [0.25, 0.3) is 0 Å².